The average molecular weight is 536 g/mol. The van der Waals surface area contributed by atoms with E-state index in [1.807, 2.05) is 49.4 Å². The first-order valence-electron chi connectivity index (χ1n) is 13.8. The van der Waals surface area contributed by atoms with E-state index in [2.05, 4.69) is 6.92 Å². The standard InChI is InChI=1S/C31H37NO5S/c1-3-23(19-22-15-17-32(18-16-22)38(35,36)26-13-9-21(2)10-14-26)28-20-27(33)30(31(34)37-28)29(25-11-12-25)24-7-5-4-6-8-24/h4-10,13-14,20,22-23,25,29,33H,3,11-12,15-19H2,1-2H3. The van der Waals surface area contributed by atoms with Crippen molar-refractivity contribution in [1.29, 1.82) is 0 Å². The molecule has 38 heavy (non-hydrogen) atoms. The molecular formula is C31H37NO5S. The Balaban J connectivity index is 1.28. The topological polar surface area (TPSA) is 87.8 Å². The first-order chi connectivity index (χ1) is 18.3. The van der Waals surface area contributed by atoms with E-state index in [-0.39, 0.29) is 17.6 Å². The van der Waals surface area contributed by atoms with Crippen LogP contribution in [0.5, 0.6) is 5.75 Å². The first-order valence-corrected chi connectivity index (χ1v) is 15.2. The van der Waals surface area contributed by atoms with Gasteiger partial charge in [0.2, 0.25) is 10.0 Å². The van der Waals surface area contributed by atoms with Crippen LogP contribution < -0.4 is 5.63 Å². The predicted octanol–water partition coefficient (Wildman–Crippen LogP) is 6.18. The molecule has 7 heteroatoms. The van der Waals surface area contributed by atoms with Gasteiger partial charge in [-0.25, -0.2) is 13.2 Å². The molecule has 1 N–H and O–H groups in total. The van der Waals surface area contributed by atoms with Crippen molar-refractivity contribution in [2.45, 2.75) is 69.1 Å². The lowest BCUT2D eigenvalue weighted by atomic mass is 9.84. The van der Waals surface area contributed by atoms with Crippen LogP contribution in [0.2, 0.25) is 0 Å². The summed E-state index contributed by atoms with van der Waals surface area (Å²) in [4.78, 5) is 13.6. The molecule has 0 bridgehead atoms. The molecule has 2 fully saturated rings. The third kappa shape index (κ3) is 5.59. The zero-order chi connectivity index (χ0) is 26.9. The van der Waals surface area contributed by atoms with Crippen molar-refractivity contribution in [3.05, 3.63) is 93.5 Å². The van der Waals surface area contributed by atoms with E-state index >= 15 is 0 Å². The third-order valence-corrected chi connectivity index (χ3v) is 10.2. The number of sulfonamides is 1. The Bertz CT molecular complexity index is 1400. The molecular weight excluding hydrogens is 498 g/mol. The minimum atomic E-state index is -3.50. The highest BCUT2D eigenvalue weighted by molar-refractivity contribution is 7.89. The SMILES string of the molecule is CCC(CC1CCN(S(=O)(=O)c2ccc(C)cc2)CC1)c1cc(O)c(C(c2ccccc2)C2CC2)c(=O)o1. The molecule has 5 rings (SSSR count). The average Bonchev–Trinajstić information content (AvgIpc) is 3.75. The Morgan fingerprint density at radius 2 is 1.66 bits per heavy atom. The van der Waals surface area contributed by atoms with Crippen molar-refractivity contribution < 1.29 is 17.9 Å². The Morgan fingerprint density at radius 1 is 1.00 bits per heavy atom. The molecule has 0 radical (unpaired) electrons. The number of nitrogens with zero attached hydrogens (tertiary/aromatic N) is 1. The van der Waals surface area contributed by atoms with Crippen molar-refractivity contribution in [3.63, 3.8) is 0 Å². The van der Waals surface area contributed by atoms with Crippen molar-refractivity contribution >= 4 is 10.0 Å². The van der Waals surface area contributed by atoms with Crippen LogP contribution in [0.3, 0.4) is 0 Å². The van der Waals surface area contributed by atoms with Crippen molar-refractivity contribution in [2.75, 3.05) is 13.1 Å². The van der Waals surface area contributed by atoms with Crippen LogP contribution in [0.1, 0.15) is 79.7 Å². The van der Waals surface area contributed by atoms with Crippen LogP contribution in [-0.4, -0.2) is 30.9 Å². The van der Waals surface area contributed by atoms with Gasteiger partial charge in [0.25, 0.3) is 0 Å². The molecule has 3 aromatic rings. The van der Waals surface area contributed by atoms with Crippen LogP contribution >= 0.6 is 0 Å². The third-order valence-electron chi connectivity index (χ3n) is 8.29. The summed E-state index contributed by atoms with van der Waals surface area (Å²) in [5, 5.41) is 11.0. The summed E-state index contributed by atoms with van der Waals surface area (Å²) in [5.41, 5.74) is 1.98. The predicted molar refractivity (Wildman–Crippen MR) is 148 cm³/mol. The summed E-state index contributed by atoms with van der Waals surface area (Å²) < 4.78 is 33.6. The second-order valence-electron chi connectivity index (χ2n) is 11.0. The fraction of sp³-hybridized carbons (Fsp3) is 0.452. The maximum Gasteiger partial charge on any atom is 0.343 e. The number of hydrogen-bond donors (Lipinski definition) is 1. The highest BCUT2D eigenvalue weighted by atomic mass is 32.2. The Hall–Kier alpha value is -2.90. The monoisotopic (exact) mass is 535 g/mol. The molecule has 2 aliphatic rings. The van der Waals surface area contributed by atoms with Crippen LogP contribution in [-0.2, 0) is 10.0 Å². The van der Waals surface area contributed by atoms with Crippen molar-refractivity contribution in [2.24, 2.45) is 11.8 Å². The Kier molecular flexibility index (Phi) is 7.78. The second-order valence-corrected chi connectivity index (χ2v) is 12.9. The summed E-state index contributed by atoms with van der Waals surface area (Å²) >= 11 is 0. The molecule has 2 unspecified atom stereocenters. The quantitative estimate of drug-likeness (QED) is 0.353. The summed E-state index contributed by atoms with van der Waals surface area (Å²) in [6.07, 6.45) is 5.16. The molecule has 1 aromatic heterocycles. The largest absolute Gasteiger partial charge is 0.507 e. The molecule has 2 aromatic carbocycles. The molecule has 2 heterocycles. The van der Waals surface area contributed by atoms with Gasteiger partial charge in [0.1, 0.15) is 11.5 Å². The van der Waals surface area contributed by atoms with Gasteiger partial charge in [-0.15, -0.1) is 0 Å². The lowest BCUT2D eigenvalue weighted by Crippen LogP contribution is -2.38. The van der Waals surface area contributed by atoms with E-state index < -0.39 is 15.6 Å². The minimum Gasteiger partial charge on any atom is -0.507 e. The van der Waals surface area contributed by atoms with Gasteiger partial charge in [0.05, 0.1) is 10.5 Å². The lowest BCUT2D eigenvalue weighted by molar-refractivity contribution is 0.242. The highest BCUT2D eigenvalue weighted by Gasteiger charge is 2.38. The molecule has 6 nitrogen and oxygen atoms in total. The van der Waals surface area contributed by atoms with Crippen molar-refractivity contribution in [3.8, 4) is 5.75 Å². The fourth-order valence-corrected chi connectivity index (χ4v) is 7.36. The first kappa shape index (κ1) is 26.7. The van der Waals surface area contributed by atoms with Gasteiger partial charge < -0.3 is 9.52 Å². The van der Waals surface area contributed by atoms with Gasteiger partial charge >= 0.3 is 5.63 Å². The number of rotatable bonds is 9. The van der Waals surface area contributed by atoms with E-state index in [0.717, 1.165) is 49.7 Å². The zero-order valence-corrected chi connectivity index (χ0v) is 23.0. The molecule has 1 saturated carbocycles. The summed E-state index contributed by atoms with van der Waals surface area (Å²) in [6.45, 7) is 4.96. The van der Waals surface area contributed by atoms with E-state index in [4.69, 9.17) is 4.42 Å². The van der Waals surface area contributed by atoms with Crippen LogP contribution in [0.4, 0.5) is 0 Å². The Labute approximate surface area is 225 Å². The van der Waals surface area contributed by atoms with Gasteiger partial charge in [-0.1, -0.05) is 55.0 Å². The van der Waals surface area contributed by atoms with Crippen LogP contribution in [0.15, 0.2) is 74.8 Å². The number of hydrogen-bond acceptors (Lipinski definition) is 5. The number of aromatic hydroxyl groups is 1. The van der Waals surface area contributed by atoms with Gasteiger partial charge in [0, 0.05) is 31.0 Å². The maximum atomic E-state index is 13.2. The highest BCUT2D eigenvalue weighted by Crippen LogP contribution is 2.48. The van der Waals surface area contributed by atoms with E-state index in [0.29, 0.717) is 41.1 Å². The van der Waals surface area contributed by atoms with Crippen molar-refractivity contribution in [1.82, 2.24) is 4.31 Å². The fourth-order valence-electron chi connectivity index (χ4n) is 5.89. The summed E-state index contributed by atoms with van der Waals surface area (Å²) in [7, 11) is -3.50. The second kappa shape index (κ2) is 11.1. The van der Waals surface area contributed by atoms with Gasteiger partial charge in [-0.3, -0.25) is 0 Å². The molecule has 202 valence electrons. The van der Waals surface area contributed by atoms with Crippen LogP contribution in [0.25, 0.3) is 0 Å². The normalized spacial score (nSPS) is 18.8. The molecule has 0 amide bonds. The number of benzene rings is 2. The summed E-state index contributed by atoms with van der Waals surface area (Å²) in [6, 6.07) is 18.5. The summed E-state index contributed by atoms with van der Waals surface area (Å²) in [5.74, 6) is 1.05. The van der Waals surface area contributed by atoms with Gasteiger partial charge in [0.15, 0.2) is 0 Å². The zero-order valence-electron chi connectivity index (χ0n) is 22.2. The smallest absolute Gasteiger partial charge is 0.343 e. The molecule has 1 saturated heterocycles. The number of piperidine rings is 1. The molecule has 1 aliphatic heterocycles. The minimum absolute atomic E-state index is 0.0102. The molecule has 1 aliphatic carbocycles. The van der Waals surface area contributed by atoms with E-state index in [9.17, 15) is 18.3 Å². The molecule has 0 spiro atoms. The maximum absolute atomic E-state index is 13.2. The van der Waals surface area contributed by atoms with E-state index in [1.165, 1.54) is 0 Å². The van der Waals surface area contributed by atoms with Crippen LogP contribution in [0, 0.1) is 18.8 Å². The lowest BCUT2D eigenvalue weighted by Gasteiger charge is -2.32. The molecule has 2 atom stereocenters. The van der Waals surface area contributed by atoms with E-state index in [1.54, 1.807) is 22.5 Å². The van der Waals surface area contributed by atoms with Gasteiger partial charge in [-0.2, -0.15) is 4.31 Å². The number of aryl methyl sites for hydroxylation is 1. The van der Waals surface area contributed by atoms with Gasteiger partial charge in [-0.05, 0) is 75.0 Å². The Morgan fingerprint density at radius 3 is 2.24 bits per heavy atom.